The summed E-state index contributed by atoms with van der Waals surface area (Å²) < 4.78 is 43.3. The van der Waals surface area contributed by atoms with Crippen molar-refractivity contribution in [3.8, 4) is 0 Å². The predicted octanol–water partition coefficient (Wildman–Crippen LogP) is 2.91. The fourth-order valence-corrected chi connectivity index (χ4v) is 3.82. The van der Waals surface area contributed by atoms with Crippen LogP contribution in [0, 0.1) is 0 Å². The first-order chi connectivity index (χ1) is 14.0. The molecule has 0 aliphatic carbocycles. The zero-order valence-electron chi connectivity index (χ0n) is 16.1. The van der Waals surface area contributed by atoms with Gasteiger partial charge in [0.25, 0.3) is 0 Å². The van der Waals surface area contributed by atoms with Gasteiger partial charge in [0.05, 0.1) is 18.2 Å². The predicted molar refractivity (Wildman–Crippen MR) is 108 cm³/mol. The highest BCUT2D eigenvalue weighted by Gasteiger charge is 2.33. The van der Waals surface area contributed by atoms with Crippen molar-refractivity contribution >= 4 is 23.0 Å². The number of ether oxygens (including phenoxy) is 1. The first-order valence-electron chi connectivity index (χ1n) is 9.34. The van der Waals surface area contributed by atoms with Crippen molar-refractivity contribution in [2.24, 2.45) is 4.99 Å². The number of anilines is 1. The molecule has 1 aromatic heterocycles. The molecular formula is C19H24F3N5OS. The van der Waals surface area contributed by atoms with Crippen LogP contribution in [0.1, 0.15) is 16.3 Å². The lowest BCUT2D eigenvalue weighted by Gasteiger charge is -2.30. The average molecular weight is 427 g/mol. The molecule has 0 unspecified atom stereocenters. The van der Waals surface area contributed by atoms with E-state index < -0.39 is 11.9 Å². The van der Waals surface area contributed by atoms with Crippen LogP contribution >= 0.6 is 11.3 Å². The van der Waals surface area contributed by atoms with E-state index in [1.54, 1.807) is 7.05 Å². The van der Waals surface area contributed by atoms with Crippen molar-refractivity contribution in [1.82, 2.24) is 15.6 Å². The van der Waals surface area contributed by atoms with Crippen LogP contribution in [-0.4, -0.2) is 50.8 Å². The minimum Gasteiger partial charge on any atom is -0.378 e. The molecule has 10 heteroatoms. The molecule has 29 heavy (non-hydrogen) atoms. The number of thiazole rings is 1. The number of para-hydroxylation sites is 1. The van der Waals surface area contributed by atoms with E-state index in [0.717, 1.165) is 48.6 Å². The number of aromatic nitrogens is 1. The number of benzene rings is 1. The summed E-state index contributed by atoms with van der Waals surface area (Å²) in [4.78, 5) is 10.1. The zero-order valence-corrected chi connectivity index (χ0v) is 16.9. The summed E-state index contributed by atoms with van der Waals surface area (Å²) in [6.07, 6.45) is -4.00. The Morgan fingerprint density at radius 1 is 1.24 bits per heavy atom. The number of morpholine rings is 1. The summed E-state index contributed by atoms with van der Waals surface area (Å²) >= 11 is 1.02. The molecule has 2 aromatic rings. The van der Waals surface area contributed by atoms with E-state index in [2.05, 4.69) is 37.6 Å². The van der Waals surface area contributed by atoms with E-state index in [1.807, 2.05) is 12.1 Å². The molecule has 0 bridgehead atoms. The van der Waals surface area contributed by atoms with E-state index in [4.69, 9.17) is 4.74 Å². The number of nitrogens with one attached hydrogen (secondary N) is 2. The largest absolute Gasteiger partial charge is 0.434 e. The van der Waals surface area contributed by atoms with E-state index in [0.29, 0.717) is 30.5 Å². The van der Waals surface area contributed by atoms with Gasteiger partial charge in [0, 0.05) is 50.7 Å². The number of rotatable bonds is 6. The number of hydrogen-bond donors (Lipinski definition) is 2. The van der Waals surface area contributed by atoms with Crippen molar-refractivity contribution in [2.45, 2.75) is 19.1 Å². The first kappa shape index (κ1) is 21.4. The molecule has 1 aromatic carbocycles. The molecule has 3 rings (SSSR count). The van der Waals surface area contributed by atoms with Gasteiger partial charge in [-0.05, 0) is 11.6 Å². The summed E-state index contributed by atoms with van der Waals surface area (Å²) in [6.45, 7) is 4.18. The van der Waals surface area contributed by atoms with Gasteiger partial charge in [0.1, 0.15) is 0 Å². The SMILES string of the molecule is CN=C(NCCc1nc(C(F)(F)F)cs1)NCc1ccccc1N1CCOCC1. The fourth-order valence-electron chi connectivity index (χ4n) is 3.02. The lowest BCUT2D eigenvalue weighted by molar-refractivity contribution is -0.140. The summed E-state index contributed by atoms with van der Waals surface area (Å²) in [5.41, 5.74) is 1.48. The maximum atomic E-state index is 12.6. The number of alkyl halides is 3. The highest BCUT2D eigenvalue weighted by molar-refractivity contribution is 7.09. The first-order valence-corrected chi connectivity index (χ1v) is 10.2. The molecule has 0 saturated carbocycles. The molecule has 1 aliphatic rings. The zero-order chi connectivity index (χ0) is 20.7. The third kappa shape index (κ3) is 6.07. The van der Waals surface area contributed by atoms with Gasteiger partial charge in [0.2, 0.25) is 0 Å². The van der Waals surface area contributed by atoms with Crippen molar-refractivity contribution in [2.75, 3.05) is 44.8 Å². The van der Waals surface area contributed by atoms with Crippen LogP contribution in [0.4, 0.5) is 18.9 Å². The third-order valence-electron chi connectivity index (χ3n) is 4.49. The lowest BCUT2D eigenvalue weighted by Crippen LogP contribution is -2.39. The average Bonchev–Trinajstić information content (AvgIpc) is 3.21. The van der Waals surface area contributed by atoms with Crippen LogP contribution in [0.2, 0.25) is 0 Å². The van der Waals surface area contributed by atoms with Crippen molar-refractivity contribution in [3.05, 3.63) is 45.9 Å². The molecular weight excluding hydrogens is 403 g/mol. The lowest BCUT2D eigenvalue weighted by atomic mass is 10.1. The smallest absolute Gasteiger partial charge is 0.378 e. The summed E-state index contributed by atoms with van der Waals surface area (Å²) in [6, 6.07) is 8.18. The molecule has 1 aliphatic heterocycles. The van der Waals surface area contributed by atoms with Crippen LogP contribution in [0.3, 0.4) is 0 Å². The molecule has 0 spiro atoms. The Hall–Kier alpha value is -2.33. The number of halogens is 3. The van der Waals surface area contributed by atoms with E-state index >= 15 is 0 Å². The Kier molecular flexibility index (Phi) is 7.32. The van der Waals surface area contributed by atoms with E-state index in [9.17, 15) is 13.2 Å². The van der Waals surface area contributed by atoms with Gasteiger partial charge in [-0.3, -0.25) is 4.99 Å². The van der Waals surface area contributed by atoms with Gasteiger partial charge in [-0.25, -0.2) is 4.98 Å². The van der Waals surface area contributed by atoms with Crippen LogP contribution in [0.25, 0.3) is 0 Å². The Morgan fingerprint density at radius 3 is 2.69 bits per heavy atom. The van der Waals surface area contributed by atoms with Crippen LogP contribution in [-0.2, 0) is 23.9 Å². The van der Waals surface area contributed by atoms with Gasteiger partial charge in [-0.1, -0.05) is 18.2 Å². The Labute approximate surface area is 171 Å². The Morgan fingerprint density at radius 2 is 2.00 bits per heavy atom. The second kappa shape index (κ2) is 9.93. The maximum absolute atomic E-state index is 12.6. The minimum atomic E-state index is -4.40. The summed E-state index contributed by atoms with van der Waals surface area (Å²) in [5.74, 6) is 0.592. The monoisotopic (exact) mass is 427 g/mol. The normalized spacial score (nSPS) is 15.4. The van der Waals surface area contributed by atoms with Crippen LogP contribution < -0.4 is 15.5 Å². The molecule has 1 saturated heterocycles. The molecule has 1 fully saturated rings. The van der Waals surface area contributed by atoms with Crippen molar-refractivity contribution in [3.63, 3.8) is 0 Å². The minimum absolute atomic E-state index is 0.395. The number of aliphatic imine (C=N–C) groups is 1. The summed E-state index contributed by atoms with van der Waals surface area (Å²) in [5, 5.41) is 7.88. The second-order valence-electron chi connectivity index (χ2n) is 6.45. The molecule has 6 nitrogen and oxygen atoms in total. The fraction of sp³-hybridized carbons (Fsp3) is 0.474. The van der Waals surface area contributed by atoms with Crippen LogP contribution in [0.15, 0.2) is 34.6 Å². The maximum Gasteiger partial charge on any atom is 0.434 e. The van der Waals surface area contributed by atoms with Gasteiger partial charge < -0.3 is 20.3 Å². The highest BCUT2D eigenvalue weighted by Crippen LogP contribution is 2.30. The van der Waals surface area contributed by atoms with Gasteiger partial charge in [0.15, 0.2) is 11.7 Å². The van der Waals surface area contributed by atoms with E-state index in [1.165, 1.54) is 5.69 Å². The number of hydrogen-bond acceptors (Lipinski definition) is 5. The standard InChI is InChI=1S/C19H24F3N5OS/c1-23-18(24-7-6-17-26-16(13-29-17)19(20,21)22)25-12-14-4-2-3-5-15(14)27-8-10-28-11-9-27/h2-5,13H,6-12H2,1H3,(H2,23,24,25). The number of nitrogens with zero attached hydrogens (tertiary/aromatic N) is 3. The molecule has 2 N–H and O–H groups in total. The van der Waals surface area contributed by atoms with Gasteiger partial charge in [-0.2, -0.15) is 13.2 Å². The van der Waals surface area contributed by atoms with Crippen LogP contribution in [0.5, 0.6) is 0 Å². The quantitative estimate of drug-likeness (QED) is 0.548. The van der Waals surface area contributed by atoms with Gasteiger partial charge >= 0.3 is 6.18 Å². The van der Waals surface area contributed by atoms with E-state index in [-0.39, 0.29) is 0 Å². The molecule has 2 heterocycles. The Bertz CT molecular complexity index is 818. The second-order valence-corrected chi connectivity index (χ2v) is 7.40. The summed E-state index contributed by atoms with van der Waals surface area (Å²) in [7, 11) is 1.66. The number of guanidine groups is 1. The Balaban J connectivity index is 1.50. The van der Waals surface area contributed by atoms with Crippen molar-refractivity contribution in [1.29, 1.82) is 0 Å². The molecule has 0 amide bonds. The van der Waals surface area contributed by atoms with Crippen molar-refractivity contribution < 1.29 is 17.9 Å². The molecule has 0 atom stereocenters. The topological polar surface area (TPSA) is 61.8 Å². The van der Waals surface area contributed by atoms with Gasteiger partial charge in [-0.15, -0.1) is 11.3 Å². The molecule has 0 radical (unpaired) electrons. The molecule has 158 valence electrons. The highest BCUT2D eigenvalue weighted by atomic mass is 32.1. The third-order valence-corrected chi connectivity index (χ3v) is 5.40.